The molecule has 0 saturated heterocycles. The molecule has 2 atom stereocenters. The van der Waals surface area contributed by atoms with E-state index in [9.17, 15) is 19.8 Å². The standard InChI is InChI=1S/C74H141NO5/c1-3-5-7-9-11-13-15-17-19-21-22-23-24-26-29-32-35-38-42-46-50-54-58-62-66-72(77)71(70-76)75-73(78)67-63-59-55-51-47-43-39-36-33-30-27-25-28-31-34-37-41-45-49-53-57-61-65-69-80-74(79)68-64-60-56-52-48-44-40-20-18-16-14-12-10-8-6-4-2/h14,16,20,40,62,66,71-72,76-77H,3-13,15,17-19,21-39,41-61,63-65,67-70H2,1-2H3,(H,75,78)/b16-14-,40-20-,66-62+. The molecular formula is C74H141NO5. The highest BCUT2D eigenvalue weighted by atomic mass is 16.5. The Hall–Kier alpha value is -1.92. The lowest BCUT2D eigenvalue weighted by atomic mass is 10.0. The van der Waals surface area contributed by atoms with Gasteiger partial charge in [-0.2, -0.15) is 0 Å². The molecule has 0 heterocycles. The highest BCUT2D eigenvalue weighted by Crippen LogP contribution is 2.19. The average Bonchev–Trinajstić information content (AvgIpc) is 3.46. The van der Waals surface area contributed by atoms with Crippen LogP contribution in [0, 0.1) is 0 Å². The number of nitrogens with one attached hydrogen (secondary N) is 1. The van der Waals surface area contributed by atoms with Crippen LogP contribution < -0.4 is 5.32 Å². The first-order valence-corrected chi connectivity index (χ1v) is 36.3. The molecule has 80 heavy (non-hydrogen) atoms. The van der Waals surface area contributed by atoms with Crippen molar-refractivity contribution in [1.29, 1.82) is 0 Å². The van der Waals surface area contributed by atoms with Gasteiger partial charge in [0.2, 0.25) is 5.91 Å². The summed E-state index contributed by atoms with van der Waals surface area (Å²) < 4.78 is 5.49. The van der Waals surface area contributed by atoms with Crippen molar-refractivity contribution in [3.8, 4) is 0 Å². The Bertz CT molecular complexity index is 1300. The van der Waals surface area contributed by atoms with Gasteiger partial charge in [-0.1, -0.05) is 359 Å². The second-order valence-electron chi connectivity index (χ2n) is 24.9. The number of aliphatic hydroxyl groups is 2. The number of ether oxygens (including phenoxy) is 1. The molecule has 6 nitrogen and oxygen atoms in total. The summed E-state index contributed by atoms with van der Waals surface area (Å²) in [7, 11) is 0. The van der Waals surface area contributed by atoms with E-state index < -0.39 is 12.1 Å². The third kappa shape index (κ3) is 65.2. The van der Waals surface area contributed by atoms with E-state index in [-0.39, 0.29) is 18.5 Å². The largest absolute Gasteiger partial charge is 0.466 e. The van der Waals surface area contributed by atoms with E-state index in [4.69, 9.17) is 4.74 Å². The van der Waals surface area contributed by atoms with Gasteiger partial charge in [-0.25, -0.2) is 0 Å². The van der Waals surface area contributed by atoms with Crippen LogP contribution >= 0.6 is 0 Å². The third-order valence-electron chi connectivity index (χ3n) is 16.9. The molecule has 0 aliphatic carbocycles. The van der Waals surface area contributed by atoms with Crippen LogP contribution in [0.15, 0.2) is 36.5 Å². The van der Waals surface area contributed by atoms with E-state index in [0.717, 1.165) is 51.4 Å². The maximum Gasteiger partial charge on any atom is 0.305 e. The normalized spacial score (nSPS) is 12.7. The van der Waals surface area contributed by atoms with E-state index in [1.807, 2.05) is 6.08 Å². The van der Waals surface area contributed by atoms with Crippen molar-refractivity contribution >= 4 is 11.9 Å². The summed E-state index contributed by atoms with van der Waals surface area (Å²) >= 11 is 0. The van der Waals surface area contributed by atoms with Crippen LogP contribution in [0.25, 0.3) is 0 Å². The van der Waals surface area contributed by atoms with Crippen molar-refractivity contribution in [2.75, 3.05) is 13.2 Å². The maximum absolute atomic E-state index is 12.5. The summed E-state index contributed by atoms with van der Waals surface area (Å²) in [5, 5.41) is 23.3. The smallest absolute Gasteiger partial charge is 0.305 e. The van der Waals surface area contributed by atoms with Gasteiger partial charge in [-0.05, 0) is 64.2 Å². The molecule has 0 aliphatic heterocycles. The minimum absolute atomic E-state index is 0.00110. The van der Waals surface area contributed by atoms with Gasteiger partial charge in [0.25, 0.3) is 0 Å². The molecule has 0 aromatic carbocycles. The number of unbranched alkanes of at least 4 members (excludes halogenated alkanes) is 53. The lowest BCUT2D eigenvalue weighted by molar-refractivity contribution is -0.143. The number of aliphatic hydroxyl groups excluding tert-OH is 2. The Morgan fingerprint density at radius 3 is 0.963 bits per heavy atom. The minimum Gasteiger partial charge on any atom is -0.466 e. The summed E-state index contributed by atoms with van der Waals surface area (Å²) in [6, 6.07) is -0.629. The molecule has 0 spiro atoms. The molecule has 472 valence electrons. The maximum atomic E-state index is 12.5. The Morgan fingerprint density at radius 1 is 0.350 bits per heavy atom. The fraction of sp³-hybridized carbons (Fsp3) is 0.892. The molecule has 0 bridgehead atoms. The second-order valence-corrected chi connectivity index (χ2v) is 24.9. The van der Waals surface area contributed by atoms with Crippen LogP contribution in [-0.4, -0.2) is 47.4 Å². The zero-order chi connectivity index (χ0) is 57.8. The first kappa shape index (κ1) is 78.1. The van der Waals surface area contributed by atoms with Crippen molar-refractivity contribution in [3.63, 3.8) is 0 Å². The highest BCUT2D eigenvalue weighted by Gasteiger charge is 2.18. The number of amides is 1. The van der Waals surface area contributed by atoms with Gasteiger partial charge in [-0.3, -0.25) is 9.59 Å². The molecule has 3 N–H and O–H groups in total. The van der Waals surface area contributed by atoms with Gasteiger partial charge >= 0.3 is 5.97 Å². The second kappa shape index (κ2) is 69.6. The molecule has 0 saturated carbocycles. The van der Waals surface area contributed by atoms with Gasteiger partial charge in [0, 0.05) is 12.8 Å². The van der Waals surface area contributed by atoms with Crippen molar-refractivity contribution in [2.24, 2.45) is 0 Å². The van der Waals surface area contributed by atoms with E-state index >= 15 is 0 Å². The van der Waals surface area contributed by atoms with Crippen LogP contribution in [0.4, 0.5) is 0 Å². The summed E-state index contributed by atoms with van der Waals surface area (Å²) in [4.78, 5) is 24.6. The van der Waals surface area contributed by atoms with E-state index in [0.29, 0.717) is 19.4 Å². The van der Waals surface area contributed by atoms with Crippen LogP contribution in [-0.2, 0) is 14.3 Å². The van der Waals surface area contributed by atoms with E-state index in [1.54, 1.807) is 6.08 Å². The lowest BCUT2D eigenvalue weighted by Gasteiger charge is -2.20. The number of allylic oxidation sites excluding steroid dienone is 5. The Labute approximate surface area is 500 Å². The summed E-state index contributed by atoms with van der Waals surface area (Å²) in [5.41, 5.74) is 0. The van der Waals surface area contributed by atoms with Gasteiger partial charge in [0.05, 0.1) is 25.4 Å². The number of carbonyl (C=O) groups excluding carboxylic acids is 2. The van der Waals surface area contributed by atoms with Crippen molar-refractivity contribution in [1.82, 2.24) is 5.32 Å². The van der Waals surface area contributed by atoms with Crippen LogP contribution in [0.3, 0.4) is 0 Å². The van der Waals surface area contributed by atoms with Crippen LogP contribution in [0.2, 0.25) is 0 Å². The molecule has 0 aliphatic rings. The van der Waals surface area contributed by atoms with E-state index in [2.05, 4.69) is 43.5 Å². The lowest BCUT2D eigenvalue weighted by Crippen LogP contribution is -2.45. The van der Waals surface area contributed by atoms with Crippen LogP contribution in [0.1, 0.15) is 399 Å². The Kier molecular flexibility index (Phi) is 67.9. The number of rotatable bonds is 68. The number of hydrogen-bond donors (Lipinski definition) is 3. The fourth-order valence-electron chi connectivity index (χ4n) is 11.4. The van der Waals surface area contributed by atoms with Crippen molar-refractivity contribution in [3.05, 3.63) is 36.5 Å². The topological polar surface area (TPSA) is 95.9 Å². The molecule has 0 fully saturated rings. The van der Waals surface area contributed by atoms with Gasteiger partial charge in [0.15, 0.2) is 0 Å². The molecule has 0 aromatic rings. The SMILES string of the molecule is CCCCCC/C=C\C/C=C\CCCCCCCC(=O)OCCCCCCCCCCCCCCCCCCCCCCCCCC(=O)NC(CO)C(O)/C=C/CCCCCCCCCCCCCCCCCCCCCCCC. The molecule has 2 unspecified atom stereocenters. The Balaban J connectivity index is 3.41. The van der Waals surface area contributed by atoms with Crippen molar-refractivity contribution in [2.45, 2.75) is 411 Å². The molecule has 6 heteroatoms. The molecule has 0 rings (SSSR count). The molecule has 0 aromatic heterocycles. The zero-order valence-electron chi connectivity index (χ0n) is 54.1. The van der Waals surface area contributed by atoms with Gasteiger partial charge in [-0.15, -0.1) is 0 Å². The summed E-state index contributed by atoms with van der Waals surface area (Å²) in [6.07, 6.45) is 89.4. The number of esters is 1. The fourth-order valence-corrected chi connectivity index (χ4v) is 11.4. The quantitative estimate of drug-likeness (QED) is 0.0320. The Morgan fingerprint density at radius 2 is 0.625 bits per heavy atom. The third-order valence-corrected chi connectivity index (χ3v) is 16.9. The summed E-state index contributed by atoms with van der Waals surface area (Å²) in [6.45, 7) is 4.92. The van der Waals surface area contributed by atoms with Crippen LogP contribution in [0.5, 0.6) is 0 Å². The first-order chi connectivity index (χ1) is 39.5. The van der Waals surface area contributed by atoms with E-state index in [1.165, 1.54) is 321 Å². The van der Waals surface area contributed by atoms with Crippen molar-refractivity contribution < 1.29 is 24.5 Å². The van der Waals surface area contributed by atoms with Gasteiger partial charge in [0.1, 0.15) is 0 Å². The zero-order valence-corrected chi connectivity index (χ0v) is 54.1. The molecule has 0 radical (unpaired) electrons. The predicted octanol–water partition coefficient (Wildman–Crippen LogP) is 23.5. The number of carbonyl (C=O) groups is 2. The number of hydrogen-bond acceptors (Lipinski definition) is 5. The molecule has 1 amide bonds. The average molecular weight is 1120 g/mol. The predicted molar refractivity (Wildman–Crippen MR) is 352 cm³/mol. The first-order valence-electron chi connectivity index (χ1n) is 36.3. The minimum atomic E-state index is -0.846. The monoisotopic (exact) mass is 1120 g/mol. The summed E-state index contributed by atoms with van der Waals surface area (Å²) in [5.74, 6) is -0.0623. The van der Waals surface area contributed by atoms with Gasteiger partial charge < -0.3 is 20.3 Å². The molecular weight excluding hydrogens is 983 g/mol. The highest BCUT2D eigenvalue weighted by molar-refractivity contribution is 5.76.